The molecule has 1 aliphatic carbocycles. The van der Waals surface area contributed by atoms with E-state index in [-0.39, 0.29) is 22.7 Å². The molecular formula is C15H20N2OS. The zero-order valence-corrected chi connectivity index (χ0v) is 12.6. The highest BCUT2D eigenvalue weighted by Gasteiger charge is 2.68. The quantitative estimate of drug-likeness (QED) is 0.835. The number of hydrogen-bond donors (Lipinski definition) is 2. The molecule has 3 N–H and O–H groups in total. The first-order valence-corrected chi connectivity index (χ1v) is 6.79. The van der Waals surface area contributed by atoms with Crippen LogP contribution in [0.15, 0.2) is 24.3 Å². The van der Waals surface area contributed by atoms with Crippen LogP contribution in [0.25, 0.3) is 0 Å². The summed E-state index contributed by atoms with van der Waals surface area (Å²) in [5, 5.41) is 2.96. The third-order valence-electron chi connectivity index (χ3n) is 4.70. The van der Waals surface area contributed by atoms with Gasteiger partial charge in [0.25, 0.3) is 0 Å². The van der Waals surface area contributed by atoms with Crippen LogP contribution in [-0.4, -0.2) is 10.9 Å². The van der Waals surface area contributed by atoms with Gasteiger partial charge in [0.1, 0.15) is 4.99 Å². The van der Waals surface area contributed by atoms with Crippen LogP contribution in [0, 0.1) is 16.7 Å². The first kappa shape index (κ1) is 14.0. The van der Waals surface area contributed by atoms with E-state index in [2.05, 4.69) is 33.0 Å². The van der Waals surface area contributed by atoms with Crippen LogP contribution in [0.3, 0.4) is 0 Å². The van der Waals surface area contributed by atoms with Crippen molar-refractivity contribution in [3.8, 4) is 0 Å². The van der Waals surface area contributed by atoms with E-state index in [0.717, 1.165) is 11.3 Å². The molecule has 0 saturated heterocycles. The highest BCUT2D eigenvalue weighted by atomic mass is 32.1. The van der Waals surface area contributed by atoms with E-state index in [4.69, 9.17) is 18.0 Å². The Morgan fingerprint density at radius 2 is 1.84 bits per heavy atom. The molecule has 19 heavy (non-hydrogen) atoms. The Bertz CT molecular complexity index is 535. The number of nitrogens with one attached hydrogen (secondary N) is 1. The summed E-state index contributed by atoms with van der Waals surface area (Å²) in [4.78, 5) is 12.6. The SMILES string of the molecule is CC1(C)C(C(=O)Nc2cccc(C(N)=S)c2)C1(C)C. The lowest BCUT2D eigenvalue weighted by atomic mass is 10.0. The normalized spacial score (nSPS) is 19.8. The highest BCUT2D eigenvalue weighted by Crippen LogP contribution is 2.68. The molecule has 0 aliphatic heterocycles. The predicted molar refractivity (Wildman–Crippen MR) is 82.0 cm³/mol. The van der Waals surface area contributed by atoms with E-state index in [1.54, 1.807) is 0 Å². The third-order valence-corrected chi connectivity index (χ3v) is 4.93. The smallest absolute Gasteiger partial charge is 0.228 e. The highest BCUT2D eigenvalue weighted by molar-refractivity contribution is 7.80. The second-order valence-corrected chi connectivity index (χ2v) is 6.75. The lowest BCUT2D eigenvalue weighted by Crippen LogP contribution is -2.18. The fraction of sp³-hybridized carbons (Fsp3) is 0.467. The van der Waals surface area contributed by atoms with Crippen LogP contribution in [0.1, 0.15) is 33.3 Å². The van der Waals surface area contributed by atoms with Crippen molar-refractivity contribution in [2.45, 2.75) is 27.7 Å². The summed E-state index contributed by atoms with van der Waals surface area (Å²) >= 11 is 4.94. The second kappa shape index (κ2) is 4.30. The maximum atomic E-state index is 12.3. The summed E-state index contributed by atoms with van der Waals surface area (Å²) in [5.41, 5.74) is 7.18. The average molecular weight is 276 g/mol. The number of amides is 1. The monoisotopic (exact) mass is 276 g/mol. The van der Waals surface area contributed by atoms with Crippen LogP contribution in [0.4, 0.5) is 5.69 Å². The summed E-state index contributed by atoms with van der Waals surface area (Å²) in [6.45, 7) is 8.51. The predicted octanol–water partition coefficient (Wildman–Crippen LogP) is 2.94. The lowest BCUT2D eigenvalue weighted by Gasteiger charge is -2.08. The molecule has 4 heteroatoms. The van der Waals surface area contributed by atoms with Crippen molar-refractivity contribution in [3.63, 3.8) is 0 Å². The van der Waals surface area contributed by atoms with Gasteiger partial charge in [0.15, 0.2) is 0 Å². The molecule has 1 aromatic carbocycles. The van der Waals surface area contributed by atoms with Crippen LogP contribution < -0.4 is 11.1 Å². The lowest BCUT2D eigenvalue weighted by molar-refractivity contribution is -0.118. The number of rotatable bonds is 3. The number of hydrogen-bond acceptors (Lipinski definition) is 2. The van der Waals surface area contributed by atoms with Crippen molar-refractivity contribution in [1.29, 1.82) is 0 Å². The van der Waals surface area contributed by atoms with Gasteiger partial charge in [-0.05, 0) is 23.0 Å². The topological polar surface area (TPSA) is 55.1 Å². The van der Waals surface area contributed by atoms with Crippen LogP contribution >= 0.6 is 12.2 Å². The molecule has 0 heterocycles. The number of nitrogens with two attached hydrogens (primary N) is 1. The van der Waals surface area contributed by atoms with E-state index < -0.39 is 0 Å². The minimum atomic E-state index is 0.0356. The van der Waals surface area contributed by atoms with Crippen molar-refractivity contribution < 1.29 is 4.79 Å². The molecular weight excluding hydrogens is 256 g/mol. The Labute approximate surface area is 119 Å². The summed E-state index contributed by atoms with van der Waals surface area (Å²) in [5.74, 6) is 0.101. The van der Waals surface area contributed by atoms with Crippen molar-refractivity contribution in [1.82, 2.24) is 0 Å². The maximum Gasteiger partial charge on any atom is 0.228 e. The zero-order chi connectivity index (χ0) is 14.4. The van der Waals surface area contributed by atoms with Crippen molar-refractivity contribution in [2.24, 2.45) is 22.5 Å². The molecule has 2 rings (SSSR count). The second-order valence-electron chi connectivity index (χ2n) is 6.31. The Hall–Kier alpha value is -1.42. The van der Waals surface area contributed by atoms with Gasteiger partial charge in [0.2, 0.25) is 5.91 Å². The number of benzene rings is 1. The third kappa shape index (κ3) is 2.25. The summed E-state index contributed by atoms with van der Waals surface area (Å²) < 4.78 is 0. The molecule has 1 aliphatic rings. The molecule has 1 saturated carbocycles. The summed E-state index contributed by atoms with van der Waals surface area (Å²) in [6, 6.07) is 7.33. The molecule has 0 bridgehead atoms. The first-order chi connectivity index (χ1) is 8.68. The standard InChI is InChI=1S/C15H20N2OS/c1-14(2)11(15(14,3)4)13(18)17-10-7-5-6-9(8-10)12(16)19/h5-8,11H,1-4H3,(H2,16,19)(H,17,18). The number of anilines is 1. The Morgan fingerprint density at radius 1 is 1.26 bits per heavy atom. The van der Waals surface area contributed by atoms with E-state index in [9.17, 15) is 4.79 Å². The molecule has 1 amide bonds. The van der Waals surface area contributed by atoms with Crippen molar-refractivity contribution in [2.75, 3.05) is 5.32 Å². The molecule has 0 radical (unpaired) electrons. The fourth-order valence-corrected chi connectivity index (χ4v) is 2.94. The van der Waals surface area contributed by atoms with Gasteiger partial charge in [-0.1, -0.05) is 52.0 Å². The van der Waals surface area contributed by atoms with Gasteiger partial charge in [-0.25, -0.2) is 0 Å². The number of carbonyl (C=O) groups excluding carboxylic acids is 1. The molecule has 3 nitrogen and oxygen atoms in total. The van der Waals surface area contributed by atoms with E-state index in [1.807, 2.05) is 24.3 Å². The van der Waals surface area contributed by atoms with Crippen LogP contribution in [0.5, 0.6) is 0 Å². The largest absolute Gasteiger partial charge is 0.389 e. The van der Waals surface area contributed by atoms with Crippen LogP contribution in [0.2, 0.25) is 0 Å². The van der Waals surface area contributed by atoms with Gasteiger partial charge in [-0.2, -0.15) is 0 Å². The van der Waals surface area contributed by atoms with Gasteiger partial charge in [0.05, 0.1) is 0 Å². The minimum Gasteiger partial charge on any atom is -0.389 e. The van der Waals surface area contributed by atoms with Crippen molar-refractivity contribution in [3.05, 3.63) is 29.8 Å². The Morgan fingerprint density at radius 3 is 2.32 bits per heavy atom. The zero-order valence-electron chi connectivity index (χ0n) is 11.8. The minimum absolute atomic E-state index is 0.0356. The van der Waals surface area contributed by atoms with E-state index in [1.165, 1.54) is 0 Å². The van der Waals surface area contributed by atoms with Gasteiger partial charge in [-0.15, -0.1) is 0 Å². The van der Waals surface area contributed by atoms with E-state index in [0.29, 0.717) is 4.99 Å². The number of carbonyl (C=O) groups is 1. The Kier molecular flexibility index (Phi) is 3.17. The summed E-state index contributed by atoms with van der Waals surface area (Å²) in [7, 11) is 0. The molecule has 0 spiro atoms. The fourth-order valence-electron chi connectivity index (χ4n) is 2.82. The van der Waals surface area contributed by atoms with Gasteiger partial charge < -0.3 is 11.1 Å². The number of thiocarbonyl (C=S) groups is 1. The Balaban J connectivity index is 2.13. The average Bonchev–Trinajstić information content (AvgIpc) is 2.69. The van der Waals surface area contributed by atoms with Gasteiger partial charge in [0, 0.05) is 17.2 Å². The summed E-state index contributed by atoms with van der Waals surface area (Å²) in [6.07, 6.45) is 0. The maximum absolute atomic E-state index is 12.3. The molecule has 0 unspecified atom stereocenters. The van der Waals surface area contributed by atoms with Gasteiger partial charge in [-0.3, -0.25) is 4.79 Å². The van der Waals surface area contributed by atoms with Crippen LogP contribution in [-0.2, 0) is 4.79 Å². The first-order valence-electron chi connectivity index (χ1n) is 6.38. The van der Waals surface area contributed by atoms with Gasteiger partial charge >= 0.3 is 0 Å². The van der Waals surface area contributed by atoms with Crippen molar-refractivity contribution >= 4 is 28.8 Å². The molecule has 1 fully saturated rings. The molecule has 1 aromatic rings. The van der Waals surface area contributed by atoms with E-state index >= 15 is 0 Å². The molecule has 0 aromatic heterocycles. The molecule has 102 valence electrons. The molecule has 0 atom stereocenters.